The number of rotatable bonds is 7. The number of alkyl halides is 6. The summed E-state index contributed by atoms with van der Waals surface area (Å²) in [5.74, 6) is -9.14. The first-order valence-electron chi connectivity index (χ1n) is 18.0. The highest BCUT2D eigenvalue weighted by atomic mass is 19.4. The van der Waals surface area contributed by atoms with Crippen LogP contribution in [-0.4, -0.2) is 96.4 Å². The summed E-state index contributed by atoms with van der Waals surface area (Å²) >= 11 is 0. The molecule has 4 saturated carbocycles. The topological polar surface area (TPSA) is 124 Å². The van der Waals surface area contributed by atoms with Crippen molar-refractivity contribution in [3.63, 3.8) is 0 Å². The van der Waals surface area contributed by atoms with Crippen molar-refractivity contribution in [1.82, 2.24) is 9.80 Å². The van der Waals surface area contributed by atoms with Crippen molar-refractivity contribution in [3.05, 3.63) is 0 Å². The van der Waals surface area contributed by atoms with E-state index < -0.39 is 115 Å². The first-order valence-corrected chi connectivity index (χ1v) is 17.2. The van der Waals surface area contributed by atoms with E-state index in [4.69, 9.17) is 12.7 Å². The van der Waals surface area contributed by atoms with Gasteiger partial charge in [0.25, 0.3) is 0 Å². The highest BCUT2D eigenvalue weighted by molar-refractivity contribution is 6.06. The van der Waals surface area contributed by atoms with Crippen LogP contribution < -0.4 is 0 Å². The Morgan fingerprint density at radius 3 is 1.67 bits per heavy atom. The van der Waals surface area contributed by atoms with Crippen molar-refractivity contribution in [2.75, 3.05) is 7.05 Å². The minimum atomic E-state index is -5.73. The fourth-order valence-electron chi connectivity index (χ4n) is 10.3. The maximum atomic E-state index is 15.1. The van der Waals surface area contributed by atoms with Crippen LogP contribution in [-0.2, 0) is 23.9 Å². The van der Waals surface area contributed by atoms with Crippen molar-refractivity contribution in [2.24, 2.45) is 46.8 Å². The zero-order chi connectivity index (χ0) is 36.5. The minimum Gasteiger partial charge on any atom is -0.393 e. The van der Waals surface area contributed by atoms with Crippen LogP contribution in [0.25, 0.3) is 0 Å². The number of ether oxygens (including phenoxy) is 1. The Hall–Kier alpha value is -2.26. The summed E-state index contributed by atoms with van der Waals surface area (Å²) in [4.78, 5) is 54.6. The Balaban J connectivity index is 1.21. The van der Waals surface area contributed by atoms with Gasteiger partial charge in [0.2, 0.25) is 26.5 Å². The maximum Gasteiger partial charge on any atom is 0.403 e. The van der Waals surface area contributed by atoms with Gasteiger partial charge in [0.1, 0.15) is 0 Å². The van der Waals surface area contributed by atoms with Crippen LogP contribution in [0.3, 0.4) is 0 Å². The fraction of sp³-hybridized carbons (Fsp3) is 0.879. The Labute approximate surface area is 277 Å². The average molecular weight is 697 g/mol. The zero-order valence-corrected chi connectivity index (χ0v) is 26.9. The molecule has 4 aliphatic carbocycles. The van der Waals surface area contributed by atoms with Crippen molar-refractivity contribution in [2.45, 2.75) is 127 Å². The Kier molecular flexibility index (Phi) is 8.57. The van der Waals surface area contributed by atoms with Gasteiger partial charge in [-0.25, -0.2) is 0 Å². The van der Waals surface area contributed by atoms with E-state index in [1.54, 1.807) is 0 Å². The molecule has 48 heavy (non-hydrogen) atoms. The van der Waals surface area contributed by atoms with E-state index in [0.29, 0.717) is 25.7 Å². The summed E-state index contributed by atoms with van der Waals surface area (Å²) in [6, 6.07) is -1.50. The summed E-state index contributed by atoms with van der Waals surface area (Å²) in [7, 11) is 1.45. The maximum absolute atomic E-state index is 15.1. The van der Waals surface area contributed by atoms with E-state index in [0.717, 1.165) is 9.80 Å². The second-order valence-corrected chi connectivity index (χ2v) is 15.2. The number of amides is 4. The van der Waals surface area contributed by atoms with Gasteiger partial charge in [0.05, 0.1) is 54.1 Å². The number of carbonyl (C=O) groups is 4. The molecule has 6 rings (SSSR count). The minimum absolute atomic E-state index is 0.111. The lowest BCUT2D eigenvalue weighted by molar-refractivity contribution is -0.384. The summed E-state index contributed by atoms with van der Waals surface area (Å²) in [6.45, 7) is 1.47. The number of likely N-dealkylation sites (tertiary alicyclic amines) is 2. The van der Waals surface area contributed by atoms with Crippen LogP contribution in [0, 0.1) is 46.8 Å². The molecule has 2 heterocycles. The van der Waals surface area contributed by atoms with E-state index in [9.17, 15) is 19.2 Å². The van der Waals surface area contributed by atoms with Crippen LogP contribution in [0.4, 0.5) is 26.3 Å². The molecular weight excluding hydrogens is 650 g/mol. The van der Waals surface area contributed by atoms with Crippen LogP contribution >= 0.6 is 0 Å². The van der Waals surface area contributed by atoms with Gasteiger partial charge in [-0.15, -0.1) is 0 Å². The molecule has 6 fully saturated rings. The molecule has 0 spiro atoms. The molecule has 15 heteroatoms. The average Bonchev–Trinajstić information content (AvgIpc) is 3.42. The van der Waals surface area contributed by atoms with Crippen LogP contribution in [0.5, 0.6) is 0 Å². The van der Waals surface area contributed by atoms with Gasteiger partial charge in [-0.05, 0) is 94.8 Å². The third kappa shape index (κ3) is 5.57. The molecule has 0 radical (unpaired) electrons. The summed E-state index contributed by atoms with van der Waals surface area (Å²) in [5.41, 5.74) is -4.15. The standard InChI is InChI=1S/C33H44F6N2O7/c1-15-11-16(3-9-25(15)42)31(32(34,35)36,33(37,38)39)17-4-10-26(43)24(12-17)41-29(46)21-8-6-19(14-23(21)30(41)47)48-18-5-7-20-22(13-18)28(45)40(2)27(20)44/h15-26,42-43H,3-14H2,1-2H3/i42D,43D. The molecule has 0 aromatic rings. The van der Waals surface area contributed by atoms with E-state index in [1.807, 2.05) is 0 Å². The lowest BCUT2D eigenvalue weighted by atomic mass is 9.55. The fourth-order valence-corrected chi connectivity index (χ4v) is 10.3. The first kappa shape index (κ1) is 32.9. The lowest BCUT2D eigenvalue weighted by Crippen LogP contribution is -2.63. The third-order valence-electron chi connectivity index (χ3n) is 12.8. The second kappa shape index (κ2) is 12.5. The quantitative estimate of drug-likeness (QED) is 0.299. The number of aliphatic hydroxyl groups excluding tert-OH is 2. The van der Waals surface area contributed by atoms with Crippen molar-refractivity contribution >= 4 is 23.6 Å². The molecule has 0 bridgehead atoms. The SMILES string of the molecule is [2H]OC1CCC(C(C2CCC(O[2H])C(N3C(=O)C4CCC(OC5CCC6C(=O)N(C)C(=O)C6C5)CC4C3=O)C2)(C(F)(F)F)C(F)(F)F)CC1C. The van der Waals surface area contributed by atoms with Gasteiger partial charge in [-0.2, -0.15) is 26.3 Å². The number of nitrogens with zero attached hydrogens (tertiary/aromatic N) is 2. The highest BCUT2D eigenvalue weighted by Crippen LogP contribution is 2.65. The van der Waals surface area contributed by atoms with Crippen molar-refractivity contribution in [3.8, 4) is 0 Å². The number of aliphatic hydroxyl groups is 2. The van der Waals surface area contributed by atoms with Gasteiger partial charge in [-0.3, -0.25) is 29.0 Å². The molecule has 9 nitrogen and oxygen atoms in total. The van der Waals surface area contributed by atoms with Gasteiger partial charge >= 0.3 is 12.4 Å². The summed E-state index contributed by atoms with van der Waals surface area (Å²) in [5, 5.41) is 9.37. The predicted octanol–water partition coefficient (Wildman–Crippen LogP) is 4.38. The number of carbonyl (C=O) groups excluding carboxylic acids is 4. The number of imide groups is 2. The number of hydrogen-bond donors (Lipinski definition) is 2. The number of halogens is 6. The smallest absolute Gasteiger partial charge is 0.393 e. The van der Waals surface area contributed by atoms with Gasteiger partial charge in [-0.1, -0.05) is 6.92 Å². The highest BCUT2D eigenvalue weighted by Gasteiger charge is 2.77. The molecule has 6 aliphatic rings. The molecular formula is C33H44F6N2O7. The summed E-state index contributed by atoms with van der Waals surface area (Å²) in [6.07, 6.45) is -15.2. The monoisotopic (exact) mass is 696 g/mol. The Bertz CT molecular complexity index is 1340. The van der Waals surface area contributed by atoms with E-state index in [2.05, 4.69) is 5.11 Å². The van der Waals surface area contributed by atoms with E-state index >= 15 is 26.3 Å². The largest absolute Gasteiger partial charge is 0.403 e. The molecule has 0 aromatic carbocycles. The van der Waals surface area contributed by atoms with Crippen LogP contribution in [0.2, 0.25) is 0 Å². The van der Waals surface area contributed by atoms with Crippen molar-refractivity contribution in [1.29, 1.82) is 2.86 Å². The Morgan fingerprint density at radius 2 is 1.12 bits per heavy atom. The normalized spacial score (nSPS) is 42.1. The molecule has 4 amide bonds. The summed E-state index contributed by atoms with van der Waals surface area (Å²) < 4.78 is 112. The number of hydrogen-bond acceptors (Lipinski definition) is 7. The molecule has 270 valence electrons. The predicted molar refractivity (Wildman–Crippen MR) is 154 cm³/mol. The van der Waals surface area contributed by atoms with Gasteiger partial charge in [0.15, 0.2) is 5.41 Å². The van der Waals surface area contributed by atoms with Crippen LogP contribution in [0.1, 0.15) is 84.0 Å². The van der Waals surface area contributed by atoms with Crippen LogP contribution in [0.15, 0.2) is 0 Å². The van der Waals surface area contributed by atoms with E-state index in [1.165, 1.54) is 14.0 Å². The van der Waals surface area contributed by atoms with Gasteiger partial charge < -0.3 is 15.0 Å². The molecule has 12 atom stereocenters. The van der Waals surface area contributed by atoms with E-state index in [-0.39, 0.29) is 49.5 Å². The molecule has 2 aliphatic heterocycles. The number of fused-ring (bicyclic) bond motifs is 2. The van der Waals surface area contributed by atoms with Gasteiger partial charge in [0, 0.05) is 7.05 Å². The molecule has 0 aromatic heterocycles. The van der Waals surface area contributed by atoms with Crippen molar-refractivity contribution < 1.29 is 60.5 Å². The molecule has 2 N–H and O–H groups in total. The molecule has 12 unspecified atom stereocenters. The third-order valence-corrected chi connectivity index (χ3v) is 12.8. The molecule has 2 saturated heterocycles. The first-order chi connectivity index (χ1) is 23.5. The zero-order valence-electron chi connectivity index (χ0n) is 28.9. The lowest BCUT2D eigenvalue weighted by Gasteiger charge is -2.53. The second-order valence-electron chi connectivity index (χ2n) is 15.2. The Morgan fingerprint density at radius 1 is 0.646 bits per heavy atom.